The Morgan fingerprint density at radius 2 is 0.720 bits per heavy atom. The molecule has 25 heavy (non-hydrogen) atoms. The van der Waals surface area contributed by atoms with Crippen LogP contribution < -0.4 is 5.73 Å². The number of hydrogen-bond donors (Lipinski definition) is 1. The van der Waals surface area contributed by atoms with Gasteiger partial charge in [0.1, 0.15) is 0 Å². The minimum absolute atomic E-state index is 0.800. The van der Waals surface area contributed by atoms with E-state index in [0.29, 0.717) is 0 Å². The van der Waals surface area contributed by atoms with E-state index in [1.807, 2.05) is 0 Å². The van der Waals surface area contributed by atoms with Crippen LogP contribution in [0.15, 0.2) is 0 Å². The molecule has 0 aliphatic heterocycles. The van der Waals surface area contributed by atoms with Crippen LogP contribution in [0.1, 0.15) is 142 Å². The van der Waals surface area contributed by atoms with Crippen LogP contribution in [0, 0.1) is 5.92 Å². The maximum Gasteiger partial charge on any atom is -0.00489 e. The predicted octanol–water partition coefficient (Wildman–Crippen LogP) is 8.40. The van der Waals surface area contributed by atoms with Gasteiger partial charge in [-0.3, -0.25) is 0 Å². The van der Waals surface area contributed by atoms with Crippen LogP contribution in [0.4, 0.5) is 0 Å². The molecule has 0 heterocycles. The largest absolute Gasteiger partial charge is 0.330 e. The maximum absolute atomic E-state index is 5.99. The van der Waals surface area contributed by atoms with E-state index in [1.165, 1.54) is 128 Å². The third-order valence-corrected chi connectivity index (χ3v) is 5.77. The fourth-order valence-corrected chi connectivity index (χ4v) is 3.87. The van der Waals surface area contributed by atoms with E-state index in [2.05, 4.69) is 13.8 Å². The Bertz CT molecular complexity index is 226. The van der Waals surface area contributed by atoms with E-state index in [9.17, 15) is 0 Å². The van der Waals surface area contributed by atoms with Crippen molar-refractivity contribution in [3.63, 3.8) is 0 Å². The molecule has 0 aromatic heterocycles. The van der Waals surface area contributed by atoms with Crippen LogP contribution >= 0.6 is 0 Å². The van der Waals surface area contributed by atoms with Crippen LogP contribution in [0.2, 0.25) is 0 Å². The first-order valence-electron chi connectivity index (χ1n) is 12.0. The quantitative estimate of drug-likeness (QED) is 0.206. The van der Waals surface area contributed by atoms with Crippen molar-refractivity contribution in [1.29, 1.82) is 0 Å². The third-order valence-electron chi connectivity index (χ3n) is 5.77. The second-order valence-electron chi connectivity index (χ2n) is 8.34. The van der Waals surface area contributed by atoms with Crippen LogP contribution in [0.5, 0.6) is 0 Å². The number of nitrogens with two attached hydrogens (primary N) is 1. The SMILES string of the molecule is CCCCCCCCCCCC[C@@H](CN)CCCCCCCCCC. The zero-order valence-corrected chi connectivity index (χ0v) is 18.0. The summed E-state index contributed by atoms with van der Waals surface area (Å²) in [5, 5.41) is 0. The van der Waals surface area contributed by atoms with Crippen molar-refractivity contribution >= 4 is 0 Å². The number of rotatable bonds is 21. The molecule has 1 nitrogen and oxygen atoms in total. The van der Waals surface area contributed by atoms with E-state index >= 15 is 0 Å². The van der Waals surface area contributed by atoms with Gasteiger partial charge in [0.25, 0.3) is 0 Å². The van der Waals surface area contributed by atoms with Gasteiger partial charge in [-0.2, -0.15) is 0 Å². The monoisotopic (exact) mass is 353 g/mol. The van der Waals surface area contributed by atoms with Crippen molar-refractivity contribution in [3.05, 3.63) is 0 Å². The summed E-state index contributed by atoms with van der Waals surface area (Å²) in [5.41, 5.74) is 5.99. The summed E-state index contributed by atoms with van der Waals surface area (Å²) in [6.45, 7) is 5.50. The van der Waals surface area contributed by atoms with Crippen molar-refractivity contribution in [1.82, 2.24) is 0 Å². The molecule has 0 aromatic rings. The summed E-state index contributed by atoms with van der Waals surface area (Å²) in [4.78, 5) is 0. The molecule has 0 unspecified atom stereocenters. The molecule has 1 atom stereocenters. The first-order chi connectivity index (χ1) is 12.3. The molecule has 0 aliphatic rings. The molecule has 0 spiro atoms. The second-order valence-corrected chi connectivity index (χ2v) is 8.34. The molecule has 0 bridgehead atoms. The minimum atomic E-state index is 0.800. The number of unbranched alkanes of at least 4 members (excludes halogenated alkanes) is 16. The Morgan fingerprint density at radius 1 is 0.440 bits per heavy atom. The molecule has 0 saturated heterocycles. The highest BCUT2D eigenvalue weighted by Gasteiger charge is 2.06. The summed E-state index contributed by atoms with van der Waals surface area (Å²) in [5.74, 6) is 0.800. The lowest BCUT2D eigenvalue weighted by molar-refractivity contribution is 0.409. The number of hydrogen-bond acceptors (Lipinski definition) is 1. The van der Waals surface area contributed by atoms with E-state index in [1.54, 1.807) is 0 Å². The van der Waals surface area contributed by atoms with E-state index in [-0.39, 0.29) is 0 Å². The van der Waals surface area contributed by atoms with Crippen molar-refractivity contribution < 1.29 is 0 Å². The van der Waals surface area contributed by atoms with Gasteiger partial charge in [0.2, 0.25) is 0 Å². The first kappa shape index (κ1) is 25.0. The highest BCUT2D eigenvalue weighted by atomic mass is 14.5. The normalized spacial score (nSPS) is 12.6. The zero-order valence-electron chi connectivity index (χ0n) is 18.0. The van der Waals surface area contributed by atoms with Gasteiger partial charge < -0.3 is 5.73 Å². The van der Waals surface area contributed by atoms with E-state index in [0.717, 1.165) is 12.5 Å². The Balaban J connectivity index is 3.28. The minimum Gasteiger partial charge on any atom is -0.330 e. The highest BCUT2D eigenvalue weighted by Crippen LogP contribution is 2.19. The summed E-state index contributed by atoms with van der Waals surface area (Å²) < 4.78 is 0. The lowest BCUT2D eigenvalue weighted by Crippen LogP contribution is -2.14. The lowest BCUT2D eigenvalue weighted by atomic mass is 9.94. The van der Waals surface area contributed by atoms with Gasteiger partial charge in [0.05, 0.1) is 0 Å². The Kier molecular flexibility index (Phi) is 22.0. The average molecular weight is 354 g/mol. The molecular weight excluding hydrogens is 302 g/mol. The average Bonchev–Trinajstić information content (AvgIpc) is 2.63. The Labute approximate surface area is 160 Å². The van der Waals surface area contributed by atoms with Crippen molar-refractivity contribution in [2.45, 2.75) is 142 Å². The van der Waals surface area contributed by atoms with Crippen molar-refractivity contribution in [2.75, 3.05) is 6.54 Å². The fourth-order valence-electron chi connectivity index (χ4n) is 3.87. The van der Waals surface area contributed by atoms with Crippen molar-refractivity contribution in [3.8, 4) is 0 Å². The van der Waals surface area contributed by atoms with Crippen LogP contribution in [0.25, 0.3) is 0 Å². The van der Waals surface area contributed by atoms with E-state index in [4.69, 9.17) is 5.73 Å². The molecule has 152 valence electrons. The lowest BCUT2D eigenvalue weighted by Gasteiger charge is -2.14. The topological polar surface area (TPSA) is 26.0 Å². The summed E-state index contributed by atoms with van der Waals surface area (Å²) in [7, 11) is 0. The standard InChI is InChI=1S/C24H51N/c1-3-5-7-9-11-13-14-16-18-20-22-24(23-25)21-19-17-15-12-10-8-6-4-2/h24H,3-23,25H2,1-2H3/t24-/m0/s1. The molecule has 0 radical (unpaired) electrons. The molecule has 0 fully saturated rings. The third kappa shape index (κ3) is 20.1. The smallest absolute Gasteiger partial charge is 0.00489 e. The predicted molar refractivity (Wildman–Crippen MR) is 116 cm³/mol. The van der Waals surface area contributed by atoms with Crippen LogP contribution in [-0.2, 0) is 0 Å². The molecular formula is C24H51N. The molecule has 2 N–H and O–H groups in total. The summed E-state index contributed by atoms with van der Waals surface area (Å²) in [6, 6.07) is 0. The van der Waals surface area contributed by atoms with Gasteiger partial charge in [-0.25, -0.2) is 0 Å². The van der Waals surface area contributed by atoms with Crippen LogP contribution in [0.3, 0.4) is 0 Å². The molecule has 0 aliphatic carbocycles. The second kappa shape index (κ2) is 22.0. The first-order valence-corrected chi connectivity index (χ1v) is 12.0. The van der Waals surface area contributed by atoms with Gasteiger partial charge in [-0.05, 0) is 25.3 Å². The summed E-state index contributed by atoms with van der Waals surface area (Å²) >= 11 is 0. The van der Waals surface area contributed by atoms with Gasteiger partial charge >= 0.3 is 0 Å². The van der Waals surface area contributed by atoms with Gasteiger partial charge in [-0.1, -0.05) is 129 Å². The molecule has 0 rings (SSSR count). The maximum atomic E-state index is 5.99. The van der Waals surface area contributed by atoms with Crippen LogP contribution in [-0.4, -0.2) is 6.54 Å². The molecule has 0 saturated carbocycles. The molecule has 1 heteroatoms. The van der Waals surface area contributed by atoms with Gasteiger partial charge in [0.15, 0.2) is 0 Å². The van der Waals surface area contributed by atoms with Gasteiger partial charge in [0, 0.05) is 0 Å². The Morgan fingerprint density at radius 3 is 1.00 bits per heavy atom. The molecule has 0 amide bonds. The highest BCUT2D eigenvalue weighted by molar-refractivity contribution is 4.61. The Hall–Kier alpha value is -0.0400. The summed E-state index contributed by atoms with van der Waals surface area (Å²) in [6.07, 6.45) is 28.5. The van der Waals surface area contributed by atoms with Crippen molar-refractivity contribution in [2.24, 2.45) is 11.7 Å². The molecule has 0 aromatic carbocycles. The fraction of sp³-hybridized carbons (Fsp3) is 1.00. The van der Waals surface area contributed by atoms with Gasteiger partial charge in [-0.15, -0.1) is 0 Å². The zero-order chi connectivity index (χ0) is 18.4. The van der Waals surface area contributed by atoms with E-state index < -0.39 is 0 Å².